The summed E-state index contributed by atoms with van der Waals surface area (Å²) in [6.45, 7) is 0. The number of carbonyl (C=O) groups is 1. The number of rotatable bonds is 4. The van der Waals surface area contributed by atoms with Gasteiger partial charge in [-0.2, -0.15) is 0 Å². The zero-order valence-corrected chi connectivity index (χ0v) is 13.7. The average Bonchev–Trinajstić information content (AvgIpc) is 3.13. The molecule has 0 aliphatic carbocycles. The topological polar surface area (TPSA) is 94.2 Å². The number of hydrogen-bond acceptors (Lipinski definition) is 5. The SMILES string of the molecule is COc1nn(C)cc1NC(=O)Nc1cc(-c2cccc(Cl)c2)on1. The van der Waals surface area contributed by atoms with E-state index >= 15 is 0 Å². The number of aromatic nitrogens is 3. The van der Waals surface area contributed by atoms with Crippen molar-refractivity contribution in [2.24, 2.45) is 7.05 Å². The van der Waals surface area contributed by atoms with Gasteiger partial charge in [0.15, 0.2) is 11.6 Å². The van der Waals surface area contributed by atoms with Crippen LogP contribution in [0.5, 0.6) is 5.88 Å². The quantitative estimate of drug-likeness (QED) is 0.754. The van der Waals surface area contributed by atoms with Crippen molar-refractivity contribution in [1.82, 2.24) is 14.9 Å². The summed E-state index contributed by atoms with van der Waals surface area (Å²) in [5, 5.41) is 13.6. The number of carbonyl (C=O) groups excluding carboxylic acids is 1. The summed E-state index contributed by atoms with van der Waals surface area (Å²) in [7, 11) is 3.20. The Bertz CT molecular complexity index is 874. The van der Waals surface area contributed by atoms with E-state index in [1.807, 2.05) is 6.07 Å². The summed E-state index contributed by atoms with van der Waals surface area (Å²) in [5.41, 5.74) is 1.20. The van der Waals surface area contributed by atoms with E-state index in [1.54, 1.807) is 37.5 Å². The van der Waals surface area contributed by atoms with Crippen LogP contribution in [0.4, 0.5) is 16.3 Å². The molecule has 0 saturated heterocycles. The summed E-state index contributed by atoms with van der Waals surface area (Å²) in [5.74, 6) is 1.07. The molecule has 0 aliphatic heterocycles. The van der Waals surface area contributed by atoms with Gasteiger partial charge in [-0.05, 0) is 12.1 Å². The molecule has 2 N–H and O–H groups in total. The van der Waals surface area contributed by atoms with Gasteiger partial charge in [0.25, 0.3) is 5.88 Å². The van der Waals surface area contributed by atoms with Crippen LogP contribution in [0, 0.1) is 0 Å². The van der Waals surface area contributed by atoms with Crippen molar-refractivity contribution in [2.75, 3.05) is 17.7 Å². The van der Waals surface area contributed by atoms with Gasteiger partial charge in [-0.1, -0.05) is 28.9 Å². The van der Waals surface area contributed by atoms with Crippen LogP contribution < -0.4 is 15.4 Å². The lowest BCUT2D eigenvalue weighted by Gasteiger charge is -2.03. The smallest absolute Gasteiger partial charge is 0.325 e. The van der Waals surface area contributed by atoms with Crippen LogP contribution >= 0.6 is 11.6 Å². The lowest BCUT2D eigenvalue weighted by atomic mass is 10.2. The molecule has 1 aromatic carbocycles. The summed E-state index contributed by atoms with van der Waals surface area (Å²) in [4.78, 5) is 12.0. The number of hydrogen-bond donors (Lipinski definition) is 2. The van der Waals surface area contributed by atoms with Crippen molar-refractivity contribution in [2.45, 2.75) is 0 Å². The van der Waals surface area contributed by atoms with E-state index in [0.717, 1.165) is 5.56 Å². The van der Waals surface area contributed by atoms with E-state index in [2.05, 4.69) is 20.9 Å². The minimum Gasteiger partial charge on any atom is -0.478 e. The van der Waals surface area contributed by atoms with Gasteiger partial charge in [0.2, 0.25) is 0 Å². The van der Waals surface area contributed by atoms with Crippen LogP contribution in [-0.2, 0) is 7.05 Å². The standard InChI is InChI=1S/C15H14ClN5O3/c1-21-8-11(14(19-21)23-2)17-15(22)18-13-7-12(24-20-13)9-4-3-5-10(16)6-9/h3-8H,1-2H3,(H2,17,18,20,22). The first-order valence-corrected chi connectivity index (χ1v) is 7.31. The second-order valence-corrected chi connectivity index (χ2v) is 5.33. The number of methoxy groups -OCH3 is 1. The number of urea groups is 1. The van der Waals surface area contributed by atoms with Crippen molar-refractivity contribution in [1.29, 1.82) is 0 Å². The number of nitrogens with one attached hydrogen (secondary N) is 2. The molecule has 0 aliphatic rings. The van der Waals surface area contributed by atoms with Crippen molar-refractivity contribution in [3.05, 3.63) is 41.6 Å². The number of halogens is 1. The van der Waals surface area contributed by atoms with Gasteiger partial charge in [-0.25, -0.2) is 4.79 Å². The fourth-order valence-electron chi connectivity index (χ4n) is 2.09. The van der Waals surface area contributed by atoms with Gasteiger partial charge < -0.3 is 14.6 Å². The zero-order valence-electron chi connectivity index (χ0n) is 12.9. The molecule has 2 amide bonds. The summed E-state index contributed by atoms with van der Waals surface area (Å²) in [6.07, 6.45) is 1.62. The fourth-order valence-corrected chi connectivity index (χ4v) is 2.28. The Morgan fingerprint density at radius 3 is 2.92 bits per heavy atom. The molecule has 3 rings (SSSR count). The maximum absolute atomic E-state index is 12.0. The molecule has 24 heavy (non-hydrogen) atoms. The van der Waals surface area contributed by atoms with Crippen LogP contribution in [0.1, 0.15) is 0 Å². The second-order valence-electron chi connectivity index (χ2n) is 4.89. The largest absolute Gasteiger partial charge is 0.478 e. The van der Waals surface area contributed by atoms with Gasteiger partial charge in [0.1, 0.15) is 5.69 Å². The van der Waals surface area contributed by atoms with E-state index in [-0.39, 0.29) is 5.82 Å². The molecule has 0 atom stereocenters. The normalized spacial score (nSPS) is 10.5. The van der Waals surface area contributed by atoms with E-state index in [9.17, 15) is 4.79 Å². The highest BCUT2D eigenvalue weighted by molar-refractivity contribution is 6.30. The van der Waals surface area contributed by atoms with Crippen LogP contribution in [-0.4, -0.2) is 28.1 Å². The molecule has 0 radical (unpaired) electrons. The highest BCUT2D eigenvalue weighted by Crippen LogP contribution is 2.25. The molecule has 0 bridgehead atoms. The van der Waals surface area contributed by atoms with Gasteiger partial charge in [-0.3, -0.25) is 10.00 Å². The molecule has 0 fully saturated rings. The Hall–Kier alpha value is -3.00. The summed E-state index contributed by atoms with van der Waals surface area (Å²) >= 11 is 5.95. The number of anilines is 2. The Balaban J connectivity index is 1.69. The predicted molar refractivity (Wildman–Crippen MR) is 89.4 cm³/mol. The number of benzene rings is 1. The van der Waals surface area contributed by atoms with Crippen molar-refractivity contribution in [3.8, 4) is 17.2 Å². The van der Waals surface area contributed by atoms with Crippen LogP contribution in [0.25, 0.3) is 11.3 Å². The highest BCUT2D eigenvalue weighted by atomic mass is 35.5. The lowest BCUT2D eigenvalue weighted by molar-refractivity contribution is 0.261. The molecule has 2 heterocycles. The minimum absolute atomic E-state index is 0.269. The van der Waals surface area contributed by atoms with Crippen molar-refractivity contribution >= 4 is 29.1 Å². The minimum atomic E-state index is -0.493. The van der Waals surface area contributed by atoms with Crippen molar-refractivity contribution < 1.29 is 14.1 Å². The molecular formula is C15H14ClN5O3. The second kappa shape index (κ2) is 6.63. The average molecular weight is 348 g/mol. The maximum atomic E-state index is 12.0. The lowest BCUT2D eigenvalue weighted by Crippen LogP contribution is -2.19. The molecule has 3 aromatic rings. The Morgan fingerprint density at radius 2 is 2.17 bits per heavy atom. The monoisotopic (exact) mass is 347 g/mol. The Labute approximate surface area is 142 Å². The first-order valence-electron chi connectivity index (χ1n) is 6.93. The molecule has 0 spiro atoms. The van der Waals surface area contributed by atoms with Crippen molar-refractivity contribution in [3.63, 3.8) is 0 Å². The van der Waals surface area contributed by atoms with Crippen LogP contribution in [0.3, 0.4) is 0 Å². The third kappa shape index (κ3) is 3.49. The third-order valence-corrected chi connectivity index (χ3v) is 3.33. The first-order chi connectivity index (χ1) is 11.5. The number of aryl methyl sites for hydroxylation is 1. The highest BCUT2D eigenvalue weighted by Gasteiger charge is 2.13. The Morgan fingerprint density at radius 1 is 1.33 bits per heavy atom. The molecule has 2 aromatic heterocycles. The van der Waals surface area contributed by atoms with E-state index in [4.69, 9.17) is 20.9 Å². The number of amides is 2. The molecular weight excluding hydrogens is 334 g/mol. The van der Waals surface area contributed by atoms with E-state index in [1.165, 1.54) is 11.8 Å². The van der Waals surface area contributed by atoms with E-state index < -0.39 is 6.03 Å². The zero-order chi connectivity index (χ0) is 17.1. The van der Waals surface area contributed by atoms with Crippen LogP contribution in [0.15, 0.2) is 41.1 Å². The summed E-state index contributed by atoms with van der Waals surface area (Å²) in [6, 6.07) is 8.24. The number of ether oxygens (including phenoxy) is 1. The predicted octanol–water partition coefficient (Wildman–Crippen LogP) is 3.38. The maximum Gasteiger partial charge on any atom is 0.325 e. The molecule has 124 valence electrons. The van der Waals surface area contributed by atoms with Gasteiger partial charge in [0.05, 0.1) is 13.3 Å². The molecule has 8 nitrogen and oxygen atoms in total. The summed E-state index contributed by atoms with van der Waals surface area (Å²) < 4.78 is 11.8. The van der Waals surface area contributed by atoms with Gasteiger partial charge in [-0.15, -0.1) is 5.10 Å². The Kier molecular flexibility index (Phi) is 4.39. The number of nitrogens with zero attached hydrogens (tertiary/aromatic N) is 3. The third-order valence-electron chi connectivity index (χ3n) is 3.10. The van der Waals surface area contributed by atoms with Gasteiger partial charge >= 0.3 is 6.03 Å². The van der Waals surface area contributed by atoms with E-state index in [0.29, 0.717) is 22.4 Å². The molecule has 0 unspecified atom stereocenters. The molecule has 9 heteroatoms. The van der Waals surface area contributed by atoms with Crippen LogP contribution in [0.2, 0.25) is 5.02 Å². The van der Waals surface area contributed by atoms with Gasteiger partial charge in [0, 0.05) is 23.7 Å². The fraction of sp³-hybridized carbons (Fsp3) is 0.133. The first kappa shape index (κ1) is 15.9. The molecule has 0 saturated carbocycles.